The number of nitrogens with two attached hydrogens (primary N) is 2. The maximum absolute atomic E-state index is 13.0. The van der Waals surface area contributed by atoms with E-state index in [1.807, 2.05) is 0 Å². The largest absolute Gasteiger partial charge is 0.377 e. The van der Waals surface area contributed by atoms with Crippen molar-refractivity contribution < 1.29 is 13.9 Å². The first-order valence-corrected chi connectivity index (χ1v) is 12.0. The van der Waals surface area contributed by atoms with E-state index in [0.717, 1.165) is 42.0 Å². The van der Waals surface area contributed by atoms with Crippen LogP contribution < -0.4 is 21.3 Å². The Kier molecular flexibility index (Phi) is 7.48. The van der Waals surface area contributed by atoms with E-state index in [0.29, 0.717) is 38.8 Å². The van der Waals surface area contributed by atoms with E-state index in [9.17, 15) is 9.18 Å². The number of carbonyl (C=O) groups excluding carboxylic acids is 1. The summed E-state index contributed by atoms with van der Waals surface area (Å²) in [5.74, 6) is 1.35. The van der Waals surface area contributed by atoms with Gasteiger partial charge in [0.05, 0.1) is 30.5 Å². The fraction of sp³-hybridized carbons (Fsp3) is 0.609. The number of alkyl halides is 1. The minimum Gasteiger partial charge on any atom is -0.377 e. The van der Waals surface area contributed by atoms with Crippen molar-refractivity contribution in [1.29, 1.82) is 0 Å². The average molecular weight is 522 g/mol. The first-order valence-electron chi connectivity index (χ1n) is 12.0. The lowest BCUT2D eigenvalue weighted by Crippen LogP contribution is -2.51. The zero-order chi connectivity index (χ0) is 24.7. The van der Waals surface area contributed by atoms with Crippen LogP contribution in [0.5, 0.6) is 0 Å². The van der Waals surface area contributed by atoms with Crippen LogP contribution in [-0.4, -0.2) is 94.4 Å². The average Bonchev–Trinajstić information content (AvgIpc) is 3.48. The summed E-state index contributed by atoms with van der Waals surface area (Å²) in [5.41, 5.74) is 13.7. The first kappa shape index (κ1) is 26.2. The third kappa shape index (κ3) is 4.64. The zero-order valence-corrected chi connectivity index (χ0v) is 21.4. The Bertz CT molecular complexity index is 1110. The molecular formula is C23H33ClFN9O2. The van der Waals surface area contributed by atoms with Crippen LogP contribution in [0.3, 0.4) is 0 Å². The Morgan fingerprint density at radius 2 is 2.03 bits per heavy atom. The minimum absolute atomic E-state index is 0. The molecule has 11 nitrogen and oxygen atoms in total. The van der Waals surface area contributed by atoms with E-state index >= 15 is 0 Å². The fourth-order valence-electron chi connectivity index (χ4n) is 5.27. The van der Waals surface area contributed by atoms with Crippen LogP contribution >= 0.6 is 12.4 Å². The molecule has 0 unspecified atom stereocenters. The lowest BCUT2D eigenvalue weighted by atomic mass is 9.99. The van der Waals surface area contributed by atoms with Gasteiger partial charge in [0, 0.05) is 49.7 Å². The molecule has 3 aliphatic heterocycles. The molecule has 36 heavy (non-hydrogen) atoms. The highest BCUT2D eigenvalue weighted by Crippen LogP contribution is 2.41. The number of nitrogen functional groups attached to an aromatic ring is 1. The smallest absolute Gasteiger partial charge is 0.242 e. The standard InChI is InChI=1S/C23H32FN9O2.ClH/c1-14-12-35-8-7-32(14)22-29-18(15-10-27-21(26)28-11-15)16-3-5-33(19(16)30-22)23(2)4-6-31(13-23)20(34)17(25)9-24;/h10-11,14,17H,3-9,12-13,25H2,1-2H3,(H2,26,27,28);1H/t14-,17+,23-;/m0./s1. The van der Waals surface area contributed by atoms with Crippen molar-refractivity contribution in [2.75, 3.05) is 61.6 Å². The second kappa shape index (κ2) is 10.3. The third-order valence-electron chi connectivity index (χ3n) is 7.28. The molecule has 0 radical (unpaired) electrons. The van der Waals surface area contributed by atoms with Gasteiger partial charge in [-0.3, -0.25) is 4.79 Å². The molecule has 0 aliphatic carbocycles. The van der Waals surface area contributed by atoms with Crippen molar-refractivity contribution in [1.82, 2.24) is 24.8 Å². The van der Waals surface area contributed by atoms with Gasteiger partial charge in [-0.15, -0.1) is 12.4 Å². The fourth-order valence-corrected chi connectivity index (χ4v) is 5.27. The Hall–Kier alpha value is -2.83. The van der Waals surface area contributed by atoms with Crippen molar-refractivity contribution in [3.63, 3.8) is 0 Å². The van der Waals surface area contributed by atoms with Gasteiger partial charge in [-0.1, -0.05) is 0 Å². The minimum atomic E-state index is -1.11. The van der Waals surface area contributed by atoms with E-state index < -0.39 is 12.7 Å². The molecular weight excluding hydrogens is 489 g/mol. The number of morpholine rings is 1. The molecule has 0 aromatic carbocycles. The van der Waals surface area contributed by atoms with E-state index in [4.69, 9.17) is 26.2 Å². The summed E-state index contributed by atoms with van der Waals surface area (Å²) in [7, 11) is 0. The number of hydrogen-bond acceptors (Lipinski definition) is 10. The summed E-state index contributed by atoms with van der Waals surface area (Å²) >= 11 is 0. The second-order valence-electron chi connectivity index (χ2n) is 9.79. The van der Waals surface area contributed by atoms with E-state index in [2.05, 4.69) is 33.6 Å². The number of rotatable bonds is 5. The molecule has 5 rings (SSSR count). The maximum atomic E-state index is 13.0. The summed E-state index contributed by atoms with van der Waals surface area (Å²) in [5, 5.41) is 0. The molecule has 0 saturated carbocycles. The zero-order valence-electron chi connectivity index (χ0n) is 20.6. The molecule has 196 valence electrons. The number of amides is 1. The molecule has 2 aromatic rings. The second-order valence-corrected chi connectivity index (χ2v) is 9.79. The summed E-state index contributed by atoms with van der Waals surface area (Å²) in [6.07, 6.45) is 4.87. The molecule has 0 spiro atoms. The number of aromatic nitrogens is 4. The number of anilines is 3. The molecule has 3 atom stereocenters. The highest BCUT2D eigenvalue weighted by Gasteiger charge is 2.45. The first-order chi connectivity index (χ1) is 16.8. The molecule has 2 aromatic heterocycles. The number of ether oxygens (including phenoxy) is 1. The summed E-state index contributed by atoms with van der Waals surface area (Å²) in [4.78, 5) is 37.0. The highest BCUT2D eigenvalue weighted by atomic mass is 35.5. The van der Waals surface area contributed by atoms with Gasteiger partial charge < -0.3 is 30.9 Å². The Labute approximate surface area is 215 Å². The Balaban J connectivity index is 0.00000304. The summed E-state index contributed by atoms with van der Waals surface area (Å²) in [6.45, 7) is 7.00. The van der Waals surface area contributed by atoms with Gasteiger partial charge in [-0.25, -0.2) is 19.3 Å². The maximum Gasteiger partial charge on any atom is 0.242 e. The molecule has 2 fully saturated rings. The van der Waals surface area contributed by atoms with Crippen LogP contribution in [0.4, 0.5) is 22.1 Å². The predicted molar refractivity (Wildman–Crippen MR) is 137 cm³/mol. The van der Waals surface area contributed by atoms with Crippen molar-refractivity contribution in [3.05, 3.63) is 18.0 Å². The summed E-state index contributed by atoms with van der Waals surface area (Å²) < 4.78 is 18.7. The summed E-state index contributed by atoms with van der Waals surface area (Å²) in [6, 6.07) is -0.985. The van der Waals surface area contributed by atoms with E-state index in [1.54, 1.807) is 17.3 Å². The highest BCUT2D eigenvalue weighted by molar-refractivity contribution is 5.85. The third-order valence-corrected chi connectivity index (χ3v) is 7.28. The number of hydrogen-bond donors (Lipinski definition) is 2. The van der Waals surface area contributed by atoms with E-state index in [1.165, 1.54) is 0 Å². The van der Waals surface area contributed by atoms with Crippen LogP contribution in [-0.2, 0) is 16.0 Å². The molecule has 13 heteroatoms. The SMILES string of the molecule is C[C@H]1COCCN1c1nc(-c2cnc(N)nc2)c2c(n1)N([C@@]1(C)CCN(C(=O)[C@H](N)CF)C1)CC2.Cl. The van der Waals surface area contributed by atoms with Gasteiger partial charge in [0.25, 0.3) is 0 Å². The number of halogens is 2. The number of carbonyl (C=O) groups is 1. The van der Waals surface area contributed by atoms with Crippen LogP contribution in [0.15, 0.2) is 12.4 Å². The quantitative estimate of drug-likeness (QED) is 0.581. The molecule has 3 aliphatic rings. The molecule has 0 bridgehead atoms. The van der Waals surface area contributed by atoms with Gasteiger partial charge in [0.1, 0.15) is 18.5 Å². The number of nitrogens with zero attached hydrogens (tertiary/aromatic N) is 7. The number of fused-ring (bicyclic) bond motifs is 1. The van der Waals surface area contributed by atoms with Crippen molar-refractivity contribution in [2.24, 2.45) is 5.73 Å². The predicted octanol–water partition coefficient (Wildman–Crippen LogP) is 0.813. The van der Waals surface area contributed by atoms with Gasteiger partial charge in [-0.05, 0) is 26.7 Å². The molecule has 4 N–H and O–H groups in total. The van der Waals surface area contributed by atoms with Crippen LogP contribution in [0.2, 0.25) is 0 Å². The lowest BCUT2D eigenvalue weighted by Gasteiger charge is -2.38. The van der Waals surface area contributed by atoms with Gasteiger partial charge in [0.15, 0.2) is 0 Å². The van der Waals surface area contributed by atoms with Gasteiger partial charge in [0.2, 0.25) is 17.8 Å². The lowest BCUT2D eigenvalue weighted by molar-refractivity contribution is -0.132. The normalized spacial score (nSPS) is 24.4. The van der Waals surface area contributed by atoms with Gasteiger partial charge in [-0.2, -0.15) is 4.98 Å². The Morgan fingerprint density at radius 1 is 1.28 bits per heavy atom. The van der Waals surface area contributed by atoms with Crippen molar-refractivity contribution in [3.8, 4) is 11.3 Å². The van der Waals surface area contributed by atoms with Crippen molar-refractivity contribution >= 4 is 36.0 Å². The van der Waals surface area contributed by atoms with Gasteiger partial charge >= 0.3 is 0 Å². The van der Waals surface area contributed by atoms with Crippen LogP contribution in [0, 0.1) is 0 Å². The topological polar surface area (TPSA) is 140 Å². The van der Waals surface area contributed by atoms with Crippen LogP contribution in [0.1, 0.15) is 25.8 Å². The molecule has 2 saturated heterocycles. The van der Waals surface area contributed by atoms with E-state index in [-0.39, 0.29) is 35.8 Å². The Morgan fingerprint density at radius 3 is 2.72 bits per heavy atom. The van der Waals surface area contributed by atoms with Crippen molar-refractivity contribution in [2.45, 2.75) is 44.3 Å². The monoisotopic (exact) mass is 521 g/mol. The van der Waals surface area contributed by atoms with Crippen LogP contribution in [0.25, 0.3) is 11.3 Å². The number of likely N-dealkylation sites (tertiary alicyclic amines) is 1. The molecule has 1 amide bonds. The molecule has 5 heterocycles.